The molecule has 2 aromatic rings. The van der Waals surface area contributed by atoms with E-state index in [-0.39, 0.29) is 11.9 Å². The molecule has 1 amide bonds. The molecule has 0 saturated heterocycles. The van der Waals surface area contributed by atoms with Crippen LogP contribution in [0.5, 0.6) is 5.88 Å². The van der Waals surface area contributed by atoms with Gasteiger partial charge in [-0.05, 0) is 43.7 Å². The molecule has 6 nitrogen and oxygen atoms in total. The maximum Gasteiger partial charge on any atom is 0.414 e. The van der Waals surface area contributed by atoms with E-state index >= 15 is 0 Å². The average Bonchev–Trinajstić information content (AvgIpc) is 2.97. The van der Waals surface area contributed by atoms with E-state index in [1.54, 1.807) is 12.1 Å². The smallest absolute Gasteiger partial charge is 0.393 e. The number of nitriles is 2. The van der Waals surface area contributed by atoms with Gasteiger partial charge in [-0.2, -0.15) is 10.5 Å². The number of aromatic nitrogens is 1. The van der Waals surface area contributed by atoms with Gasteiger partial charge < -0.3 is 15.0 Å². The third-order valence-electron chi connectivity index (χ3n) is 4.50. The predicted molar refractivity (Wildman–Crippen MR) is 88.3 cm³/mol. The Morgan fingerprint density at radius 3 is 2.62 bits per heavy atom. The lowest BCUT2D eigenvalue weighted by molar-refractivity contribution is 0.187. The third-order valence-corrected chi connectivity index (χ3v) is 4.50. The normalized spacial score (nSPS) is 20.1. The summed E-state index contributed by atoms with van der Waals surface area (Å²) in [5.41, 5.74) is 1.35. The molecule has 0 radical (unpaired) electrons. The van der Waals surface area contributed by atoms with Crippen LogP contribution in [0.2, 0.25) is 0 Å². The van der Waals surface area contributed by atoms with Crippen molar-refractivity contribution in [3.8, 4) is 18.0 Å². The molecule has 1 saturated carbocycles. The molecular weight excluding hydrogens is 304 g/mol. The van der Waals surface area contributed by atoms with Gasteiger partial charge in [-0.3, -0.25) is 0 Å². The molecule has 0 unspecified atom stereocenters. The Kier molecular flexibility index (Phi) is 4.39. The number of hydrogen-bond acceptors (Lipinski definition) is 4. The van der Waals surface area contributed by atoms with Crippen LogP contribution in [0.1, 0.15) is 43.7 Å². The predicted octanol–water partition coefficient (Wildman–Crippen LogP) is 3.58. The van der Waals surface area contributed by atoms with Gasteiger partial charge in [0.1, 0.15) is 0 Å². The summed E-state index contributed by atoms with van der Waals surface area (Å²) in [7, 11) is 0. The summed E-state index contributed by atoms with van der Waals surface area (Å²) in [6, 6.07) is 8.97. The van der Waals surface area contributed by atoms with Crippen LogP contribution in [0.3, 0.4) is 0 Å². The van der Waals surface area contributed by atoms with Crippen LogP contribution in [-0.4, -0.2) is 17.1 Å². The molecule has 0 aliphatic heterocycles. The standard InChI is InChI=1S/C18H18N4O2/c1-11-2-4-14(5-3-11)21-18(23)24-17-8-15-13(10-20)6-12(9-19)7-16(15)22-17/h6-8,11,14,22H,2-5H2,1H3,(H,21,23). The Labute approximate surface area is 140 Å². The minimum absolute atomic E-state index is 0.151. The van der Waals surface area contributed by atoms with Crippen LogP contribution in [0.15, 0.2) is 18.2 Å². The Bertz CT molecular complexity index is 848. The van der Waals surface area contributed by atoms with Crippen molar-refractivity contribution < 1.29 is 9.53 Å². The SMILES string of the molecule is CC1CCC(NC(=O)Oc2cc3c(C#N)cc(C#N)cc3[nH]2)CC1. The maximum atomic E-state index is 12.0. The lowest BCUT2D eigenvalue weighted by atomic mass is 9.87. The Hall–Kier alpha value is -2.99. The van der Waals surface area contributed by atoms with Gasteiger partial charge in [0.2, 0.25) is 5.88 Å². The molecule has 2 N–H and O–H groups in total. The van der Waals surface area contributed by atoms with Crippen molar-refractivity contribution in [3.05, 3.63) is 29.3 Å². The lowest BCUT2D eigenvalue weighted by Gasteiger charge is -2.26. The number of nitrogens with zero attached hydrogens (tertiary/aromatic N) is 2. The number of aromatic amines is 1. The number of H-pyrrole nitrogens is 1. The molecule has 0 spiro atoms. The number of benzene rings is 1. The van der Waals surface area contributed by atoms with Crippen LogP contribution in [-0.2, 0) is 0 Å². The molecule has 1 aliphatic carbocycles. The number of amides is 1. The highest BCUT2D eigenvalue weighted by Gasteiger charge is 2.21. The first-order chi connectivity index (χ1) is 11.6. The van der Waals surface area contributed by atoms with E-state index in [4.69, 9.17) is 10.00 Å². The first kappa shape index (κ1) is 15.9. The Morgan fingerprint density at radius 1 is 1.21 bits per heavy atom. The summed E-state index contributed by atoms with van der Waals surface area (Å²) in [6.07, 6.45) is 3.65. The zero-order valence-electron chi connectivity index (χ0n) is 13.4. The topological polar surface area (TPSA) is 102 Å². The van der Waals surface area contributed by atoms with E-state index in [9.17, 15) is 10.1 Å². The summed E-state index contributed by atoms with van der Waals surface area (Å²) >= 11 is 0. The van der Waals surface area contributed by atoms with Crippen LogP contribution in [0, 0.1) is 28.6 Å². The van der Waals surface area contributed by atoms with E-state index in [2.05, 4.69) is 23.3 Å². The van der Waals surface area contributed by atoms with E-state index in [0.29, 0.717) is 27.9 Å². The van der Waals surface area contributed by atoms with Crippen molar-refractivity contribution in [2.45, 2.75) is 38.6 Å². The van der Waals surface area contributed by atoms with Crippen molar-refractivity contribution >= 4 is 17.0 Å². The van der Waals surface area contributed by atoms with Crippen molar-refractivity contribution in [1.82, 2.24) is 10.3 Å². The van der Waals surface area contributed by atoms with Crippen LogP contribution < -0.4 is 10.1 Å². The second-order valence-electron chi connectivity index (χ2n) is 6.33. The van der Waals surface area contributed by atoms with Gasteiger partial charge in [0.15, 0.2) is 0 Å². The number of hydrogen-bond donors (Lipinski definition) is 2. The van der Waals surface area contributed by atoms with Crippen molar-refractivity contribution in [2.75, 3.05) is 0 Å². The molecule has 0 bridgehead atoms. The fourth-order valence-corrected chi connectivity index (χ4v) is 3.12. The number of rotatable bonds is 2. The molecule has 3 rings (SSSR count). The molecule has 1 fully saturated rings. The number of fused-ring (bicyclic) bond motifs is 1. The lowest BCUT2D eigenvalue weighted by Crippen LogP contribution is -2.39. The Morgan fingerprint density at radius 2 is 1.96 bits per heavy atom. The van der Waals surface area contributed by atoms with Crippen LogP contribution >= 0.6 is 0 Å². The van der Waals surface area contributed by atoms with Crippen molar-refractivity contribution in [3.63, 3.8) is 0 Å². The summed E-state index contributed by atoms with van der Waals surface area (Å²) < 4.78 is 5.30. The number of carbonyl (C=O) groups is 1. The molecule has 1 aromatic heterocycles. The molecule has 1 heterocycles. The monoisotopic (exact) mass is 322 g/mol. The summed E-state index contributed by atoms with van der Waals surface area (Å²) in [5, 5.41) is 21.7. The minimum Gasteiger partial charge on any atom is -0.393 e. The maximum absolute atomic E-state index is 12.0. The van der Waals surface area contributed by atoms with Gasteiger partial charge in [-0.1, -0.05) is 6.92 Å². The summed E-state index contributed by atoms with van der Waals surface area (Å²) in [4.78, 5) is 15.0. The van der Waals surface area contributed by atoms with Gasteiger partial charge in [0.25, 0.3) is 0 Å². The summed E-state index contributed by atoms with van der Waals surface area (Å²) in [6.45, 7) is 2.22. The highest BCUT2D eigenvalue weighted by atomic mass is 16.6. The number of nitrogens with one attached hydrogen (secondary N) is 2. The molecule has 1 aromatic carbocycles. The average molecular weight is 322 g/mol. The molecule has 6 heteroatoms. The molecule has 1 aliphatic rings. The van der Waals surface area contributed by atoms with Crippen molar-refractivity contribution in [2.24, 2.45) is 5.92 Å². The van der Waals surface area contributed by atoms with Gasteiger partial charge in [-0.25, -0.2) is 4.79 Å². The van der Waals surface area contributed by atoms with Gasteiger partial charge >= 0.3 is 6.09 Å². The minimum atomic E-state index is -0.500. The molecule has 0 atom stereocenters. The number of ether oxygens (including phenoxy) is 1. The molecular formula is C18H18N4O2. The zero-order chi connectivity index (χ0) is 17.1. The first-order valence-electron chi connectivity index (χ1n) is 8.04. The zero-order valence-corrected chi connectivity index (χ0v) is 13.4. The quantitative estimate of drug-likeness (QED) is 0.882. The highest BCUT2D eigenvalue weighted by molar-refractivity contribution is 5.89. The van der Waals surface area contributed by atoms with Gasteiger partial charge in [0.05, 0.1) is 28.8 Å². The van der Waals surface area contributed by atoms with Gasteiger partial charge in [-0.15, -0.1) is 0 Å². The molecule has 122 valence electrons. The second kappa shape index (κ2) is 6.64. The van der Waals surface area contributed by atoms with Crippen LogP contribution in [0.25, 0.3) is 10.9 Å². The molecule has 24 heavy (non-hydrogen) atoms. The largest absolute Gasteiger partial charge is 0.414 e. The first-order valence-corrected chi connectivity index (χ1v) is 8.04. The summed E-state index contributed by atoms with van der Waals surface area (Å²) in [5.74, 6) is 0.977. The van der Waals surface area contributed by atoms with E-state index < -0.39 is 6.09 Å². The number of carbonyl (C=O) groups excluding carboxylic acids is 1. The van der Waals surface area contributed by atoms with Gasteiger partial charge in [0, 0.05) is 17.5 Å². The fraction of sp³-hybridized carbons (Fsp3) is 0.389. The van der Waals surface area contributed by atoms with E-state index in [0.717, 1.165) is 25.7 Å². The third kappa shape index (κ3) is 3.33. The van der Waals surface area contributed by atoms with Crippen LogP contribution in [0.4, 0.5) is 4.79 Å². The van der Waals surface area contributed by atoms with E-state index in [1.807, 2.05) is 6.07 Å². The highest BCUT2D eigenvalue weighted by Crippen LogP contribution is 2.26. The fourth-order valence-electron chi connectivity index (χ4n) is 3.12. The van der Waals surface area contributed by atoms with Crippen molar-refractivity contribution in [1.29, 1.82) is 10.5 Å². The Balaban J connectivity index is 1.72. The van der Waals surface area contributed by atoms with E-state index in [1.165, 1.54) is 6.07 Å². The second-order valence-corrected chi connectivity index (χ2v) is 6.33.